The van der Waals surface area contributed by atoms with Gasteiger partial charge in [0, 0.05) is 12.4 Å². The lowest BCUT2D eigenvalue weighted by molar-refractivity contribution is -0.136. The van der Waals surface area contributed by atoms with Crippen molar-refractivity contribution in [3.63, 3.8) is 0 Å². The number of carbonyl (C=O) groups is 1. The van der Waals surface area contributed by atoms with Crippen LogP contribution in [-0.2, 0) is 11.2 Å². The molecule has 0 bridgehead atoms. The van der Waals surface area contributed by atoms with Crippen LogP contribution in [0.1, 0.15) is 52.1 Å². The van der Waals surface area contributed by atoms with E-state index in [1.807, 2.05) is 34.9 Å². The van der Waals surface area contributed by atoms with Crippen LogP contribution in [0.5, 0.6) is 5.75 Å². The number of ether oxygens (including phenoxy) is 1. The van der Waals surface area contributed by atoms with E-state index in [1.54, 1.807) is 6.20 Å². The fourth-order valence-corrected chi connectivity index (χ4v) is 4.44. The molecule has 1 fully saturated rings. The molecule has 5 heteroatoms. The number of aliphatic carboxylic acids is 1. The van der Waals surface area contributed by atoms with Crippen LogP contribution in [0, 0.1) is 11.3 Å². The fourth-order valence-electron chi connectivity index (χ4n) is 4.44. The highest BCUT2D eigenvalue weighted by molar-refractivity contribution is 5.70. The number of fused-ring (bicyclic) bond motifs is 1. The largest absolute Gasteiger partial charge is 0.490 e. The first-order chi connectivity index (χ1) is 14.3. The number of benzene rings is 1. The predicted molar refractivity (Wildman–Crippen MR) is 118 cm³/mol. The number of pyridine rings is 1. The molecule has 158 valence electrons. The van der Waals surface area contributed by atoms with E-state index < -0.39 is 5.97 Å². The molecule has 1 saturated carbocycles. The summed E-state index contributed by atoms with van der Waals surface area (Å²) < 4.78 is 8.21. The Morgan fingerprint density at radius 3 is 2.57 bits per heavy atom. The van der Waals surface area contributed by atoms with Crippen LogP contribution in [0.3, 0.4) is 0 Å². The summed E-state index contributed by atoms with van der Waals surface area (Å²) in [5.41, 5.74) is 3.80. The van der Waals surface area contributed by atoms with Crippen molar-refractivity contribution < 1.29 is 14.6 Å². The second kappa shape index (κ2) is 8.13. The van der Waals surface area contributed by atoms with E-state index in [9.17, 15) is 4.79 Å². The molecule has 0 saturated heterocycles. The SMILES string of the molecule is CC(C)(C)[C@H]1CC[C@H](Oc2cccc(-c3ccc4nc(CC(=O)O)cn4c3)c2)CC1. The third-order valence-corrected chi connectivity index (χ3v) is 6.20. The molecule has 1 aliphatic rings. The number of nitrogens with zero attached hydrogens (tertiary/aromatic N) is 2. The molecule has 30 heavy (non-hydrogen) atoms. The van der Waals surface area contributed by atoms with Crippen LogP contribution in [0.15, 0.2) is 48.8 Å². The van der Waals surface area contributed by atoms with Crippen LogP contribution in [-0.4, -0.2) is 26.6 Å². The second-order valence-corrected chi connectivity index (χ2v) is 9.47. The van der Waals surface area contributed by atoms with E-state index in [2.05, 4.69) is 37.9 Å². The topological polar surface area (TPSA) is 63.8 Å². The summed E-state index contributed by atoms with van der Waals surface area (Å²) in [6.45, 7) is 7.01. The van der Waals surface area contributed by atoms with E-state index in [0.29, 0.717) is 11.1 Å². The molecule has 0 spiro atoms. The van der Waals surface area contributed by atoms with Gasteiger partial charge in [0.2, 0.25) is 0 Å². The van der Waals surface area contributed by atoms with Gasteiger partial charge in [-0.3, -0.25) is 4.79 Å². The lowest BCUT2D eigenvalue weighted by Gasteiger charge is -2.37. The van der Waals surface area contributed by atoms with Crippen LogP contribution in [0.25, 0.3) is 16.8 Å². The summed E-state index contributed by atoms with van der Waals surface area (Å²) in [5.74, 6) is 0.806. The van der Waals surface area contributed by atoms with Crippen molar-refractivity contribution in [2.75, 3.05) is 0 Å². The summed E-state index contributed by atoms with van der Waals surface area (Å²) in [7, 11) is 0. The molecule has 1 aromatic carbocycles. The number of hydrogen-bond donors (Lipinski definition) is 1. The Morgan fingerprint density at radius 1 is 1.10 bits per heavy atom. The molecule has 0 amide bonds. The quantitative estimate of drug-likeness (QED) is 0.598. The monoisotopic (exact) mass is 406 g/mol. The van der Waals surface area contributed by atoms with Crippen LogP contribution >= 0.6 is 0 Å². The van der Waals surface area contributed by atoms with Crippen molar-refractivity contribution in [3.8, 4) is 16.9 Å². The molecule has 1 N–H and O–H groups in total. The van der Waals surface area contributed by atoms with Gasteiger partial charge in [-0.1, -0.05) is 32.9 Å². The van der Waals surface area contributed by atoms with Gasteiger partial charge in [0.25, 0.3) is 0 Å². The zero-order valence-corrected chi connectivity index (χ0v) is 18.0. The summed E-state index contributed by atoms with van der Waals surface area (Å²) in [5, 5.41) is 8.98. The average Bonchev–Trinajstić information content (AvgIpc) is 3.08. The minimum absolute atomic E-state index is 0.0716. The maximum atomic E-state index is 10.9. The molecule has 0 radical (unpaired) electrons. The smallest absolute Gasteiger partial charge is 0.309 e. The first-order valence-electron chi connectivity index (χ1n) is 10.7. The molecule has 2 aromatic heterocycles. The first-order valence-corrected chi connectivity index (χ1v) is 10.7. The number of hydrogen-bond acceptors (Lipinski definition) is 3. The molecule has 0 atom stereocenters. The van der Waals surface area contributed by atoms with Crippen molar-refractivity contribution in [3.05, 3.63) is 54.5 Å². The van der Waals surface area contributed by atoms with Gasteiger partial charge >= 0.3 is 5.97 Å². The molecule has 5 nitrogen and oxygen atoms in total. The van der Waals surface area contributed by atoms with Crippen LogP contribution < -0.4 is 4.74 Å². The highest BCUT2D eigenvalue weighted by Gasteiger charge is 2.30. The van der Waals surface area contributed by atoms with Crippen molar-refractivity contribution in [1.82, 2.24) is 9.38 Å². The number of rotatable bonds is 5. The Labute approximate surface area is 177 Å². The Bertz CT molecular complexity index is 1040. The van der Waals surface area contributed by atoms with E-state index in [4.69, 9.17) is 9.84 Å². The van der Waals surface area contributed by atoms with Gasteiger partial charge < -0.3 is 14.2 Å². The first kappa shape index (κ1) is 20.5. The Hall–Kier alpha value is -2.82. The number of carboxylic acids is 1. The highest BCUT2D eigenvalue weighted by atomic mass is 16.5. The van der Waals surface area contributed by atoms with E-state index in [1.165, 1.54) is 12.8 Å². The maximum absolute atomic E-state index is 10.9. The molecule has 0 unspecified atom stereocenters. The lowest BCUT2D eigenvalue weighted by atomic mass is 9.72. The zero-order valence-electron chi connectivity index (χ0n) is 18.0. The molecular weight excluding hydrogens is 376 g/mol. The molecule has 3 aromatic rings. The number of imidazole rings is 1. The van der Waals surface area contributed by atoms with Gasteiger partial charge in [-0.05, 0) is 72.4 Å². The minimum atomic E-state index is -0.875. The third-order valence-electron chi connectivity index (χ3n) is 6.20. The standard InChI is InChI=1S/C25H30N2O3/c1-25(2,3)19-8-10-21(11-9-19)30-22-6-4-5-17(13-22)18-7-12-23-26-20(14-24(28)29)16-27(23)15-18/h4-7,12-13,15-16,19,21H,8-11,14H2,1-3H3,(H,28,29)/t19-,21-. The Kier molecular flexibility index (Phi) is 5.54. The summed E-state index contributed by atoms with van der Waals surface area (Å²) in [6, 6.07) is 12.1. The molecule has 2 heterocycles. The van der Waals surface area contributed by atoms with Gasteiger partial charge in [-0.2, -0.15) is 0 Å². The van der Waals surface area contributed by atoms with Crippen molar-refractivity contribution in [1.29, 1.82) is 0 Å². The summed E-state index contributed by atoms with van der Waals surface area (Å²) in [6.07, 6.45) is 8.65. The molecule has 0 aliphatic heterocycles. The van der Waals surface area contributed by atoms with Gasteiger partial charge in [-0.25, -0.2) is 4.98 Å². The zero-order chi connectivity index (χ0) is 21.3. The molecule has 1 aliphatic carbocycles. The van der Waals surface area contributed by atoms with Crippen molar-refractivity contribution in [2.45, 2.75) is 59.0 Å². The number of carboxylic acid groups (broad SMARTS) is 1. The highest BCUT2D eigenvalue weighted by Crippen LogP contribution is 2.39. The fraction of sp³-hybridized carbons (Fsp3) is 0.440. The summed E-state index contributed by atoms with van der Waals surface area (Å²) in [4.78, 5) is 15.3. The average molecular weight is 407 g/mol. The second-order valence-electron chi connectivity index (χ2n) is 9.47. The van der Waals surface area contributed by atoms with Crippen LogP contribution in [0.4, 0.5) is 0 Å². The normalized spacial score (nSPS) is 19.7. The van der Waals surface area contributed by atoms with Gasteiger partial charge in [0.1, 0.15) is 11.4 Å². The number of aromatic nitrogens is 2. The maximum Gasteiger partial charge on any atom is 0.309 e. The molecule has 4 rings (SSSR count). The third kappa shape index (κ3) is 4.66. The molecular formula is C25H30N2O3. The van der Waals surface area contributed by atoms with Gasteiger partial charge in [-0.15, -0.1) is 0 Å². The van der Waals surface area contributed by atoms with E-state index in [-0.39, 0.29) is 12.5 Å². The minimum Gasteiger partial charge on any atom is -0.490 e. The van der Waals surface area contributed by atoms with Gasteiger partial charge in [0.05, 0.1) is 18.2 Å². The predicted octanol–water partition coefficient (Wildman–Crippen LogP) is 5.61. The van der Waals surface area contributed by atoms with Gasteiger partial charge in [0.15, 0.2) is 0 Å². The summed E-state index contributed by atoms with van der Waals surface area (Å²) >= 11 is 0. The lowest BCUT2D eigenvalue weighted by Crippen LogP contribution is -2.30. The van der Waals surface area contributed by atoms with Crippen molar-refractivity contribution >= 4 is 11.6 Å². The Balaban J connectivity index is 1.47. The Morgan fingerprint density at radius 2 is 1.87 bits per heavy atom. The van der Waals surface area contributed by atoms with E-state index >= 15 is 0 Å². The van der Waals surface area contributed by atoms with Crippen LogP contribution in [0.2, 0.25) is 0 Å². The van der Waals surface area contributed by atoms with E-state index in [0.717, 1.165) is 41.3 Å². The van der Waals surface area contributed by atoms with Crippen molar-refractivity contribution in [2.24, 2.45) is 11.3 Å².